The van der Waals surface area contributed by atoms with Gasteiger partial charge >= 0.3 is 0 Å². The highest BCUT2D eigenvalue weighted by Gasteiger charge is 2.39. The molecule has 4 heteroatoms. The third kappa shape index (κ3) is 4.51. The molecule has 0 spiro atoms. The molecule has 0 aromatic heterocycles. The average molecular weight is 282 g/mol. The van der Waals surface area contributed by atoms with Gasteiger partial charge in [-0.05, 0) is 37.0 Å². The van der Waals surface area contributed by atoms with Crippen LogP contribution in [0.5, 0.6) is 0 Å². The number of carbonyl (C=O) groups excluding carboxylic acids is 1. The van der Waals surface area contributed by atoms with Crippen molar-refractivity contribution in [3.05, 3.63) is 34.9 Å². The first kappa shape index (κ1) is 14.4. The minimum atomic E-state index is 0.144. The van der Waals surface area contributed by atoms with E-state index < -0.39 is 0 Å². The Hall–Kier alpha value is -1.06. The van der Waals surface area contributed by atoms with Crippen molar-refractivity contribution in [2.75, 3.05) is 13.7 Å². The van der Waals surface area contributed by atoms with Crippen LogP contribution in [0.1, 0.15) is 37.2 Å². The second kappa shape index (κ2) is 6.92. The molecule has 0 aliphatic heterocycles. The molecular formula is C15H20ClNO2. The first-order chi connectivity index (χ1) is 9.20. The average Bonchev–Trinajstić information content (AvgIpc) is 3.14. The number of hydrogen-bond donors (Lipinski definition) is 1. The third-order valence-corrected chi connectivity index (χ3v) is 3.65. The van der Waals surface area contributed by atoms with Crippen LogP contribution in [0.2, 0.25) is 5.02 Å². The predicted molar refractivity (Wildman–Crippen MR) is 76.5 cm³/mol. The minimum absolute atomic E-state index is 0.144. The molecule has 0 heterocycles. The van der Waals surface area contributed by atoms with Crippen molar-refractivity contribution < 1.29 is 9.53 Å². The molecule has 19 heavy (non-hydrogen) atoms. The maximum absolute atomic E-state index is 11.7. The van der Waals surface area contributed by atoms with Crippen molar-refractivity contribution in [3.8, 4) is 0 Å². The zero-order chi connectivity index (χ0) is 13.7. The Balaban J connectivity index is 1.70. The lowest BCUT2D eigenvalue weighted by molar-refractivity contribution is -0.121. The van der Waals surface area contributed by atoms with Crippen molar-refractivity contribution in [1.82, 2.24) is 5.32 Å². The summed E-state index contributed by atoms with van der Waals surface area (Å²) in [6, 6.07) is 8.17. The zero-order valence-electron chi connectivity index (χ0n) is 11.2. The summed E-state index contributed by atoms with van der Waals surface area (Å²) in [5, 5.41) is 3.83. The van der Waals surface area contributed by atoms with Crippen molar-refractivity contribution in [1.29, 1.82) is 0 Å². The molecule has 1 fully saturated rings. The Labute approximate surface area is 119 Å². The number of amides is 1. The van der Waals surface area contributed by atoms with Gasteiger partial charge in [-0.25, -0.2) is 0 Å². The van der Waals surface area contributed by atoms with E-state index in [1.807, 2.05) is 18.2 Å². The molecule has 0 unspecified atom stereocenters. The fourth-order valence-corrected chi connectivity index (χ4v) is 2.47. The van der Waals surface area contributed by atoms with E-state index in [0.717, 1.165) is 30.9 Å². The van der Waals surface area contributed by atoms with E-state index >= 15 is 0 Å². The van der Waals surface area contributed by atoms with E-state index in [1.165, 1.54) is 5.56 Å². The highest BCUT2D eigenvalue weighted by molar-refractivity contribution is 6.30. The lowest BCUT2D eigenvalue weighted by atomic mass is 10.1. The summed E-state index contributed by atoms with van der Waals surface area (Å²) in [7, 11) is 1.68. The molecule has 2 atom stereocenters. The Morgan fingerprint density at radius 2 is 2.32 bits per heavy atom. The minimum Gasteiger partial charge on any atom is -0.385 e. The van der Waals surface area contributed by atoms with Gasteiger partial charge in [0.15, 0.2) is 0 Å². The molecule has 0 saturated heterocycles. The number of rotatable bonds is 7. The van der Waals surface area contributed by atoms with E-state index in [4.69, 9.17) is 16.3 Å². The number of methoxy groups -OCH3 is 1. The van der Waals surface area contributed by atoms with Gasteiger partial charge in [-0.2, -0.15) is 0 Å². The number of hydrogen-bond acceptors (Lipinski definition) is 2. The molecule has 0 bridgehead atoms. The molecule has 1 aliphatic carbocycles. The molecule has 1 N–H and O–H groups in total. The zero-order valence-corrected chi connectivity index (χ0v) is 12.0. The van der Waals surface area contributed by atoms with Crippen molar-refractivity contribution in [2.45, 2.75) is 37.6 Å². The maximum atomic E-state index is 11.7. The lowest BCUT2D eigenvalue weighted by Gasteiger charge is -2.05. The van der Waals surface area contributed by atoms with Gasteiger partial charge in [-0.1, -0.05) is 23.7 Å². The van der Waals surface area contributed by atoms with Crippen LogP contribution < -0.4 is 5.32 Å². The molecule has 0 radical (unpaired) electrons. The summed E-state index contributed by atoms with van der Waals surface area (Å²) in [6.45, 7) is 0.724. The topological polar surface area (TPSA) is 38.3 Å². The smallest absolute Gasteiger partial charge is 0.220 e. The van der Waals surface area contributed by atoms with E-state index in [9.17, 15) is 4.79 Å². The van der Waals surface area contributed by atoms with Crippen LogP contribution in [0.15, 0.2) is 24.3 Å². The quantitative estimate of drug-likeness (QED) is 0.780. The van der Waals surface area contributed by atoms with Crippen molar-refractivity contribution in [3.63, 3.8) is 0 Å². The fraction of sp³-hybridized carbons (Fsp3) is 0.533. The number of ether oxygens (including phenoxy) is 1. The fourth-order valence-electron chi connectivity index (χ4n) is 2.27. The molecule has 1 aliphatic rings. The van der Waals surface area contributed by atoms with Crippen LogP contribution in [0.4, 0.5) is 0 Å². The first-order valence-electron chi connectivity index (χ1n) is 6.74. The van der Waals surface area contributed by atoms with E-state index in [1.54, 1.807) is 7.11 Å². The molecule has 104 valence electrons. The van der Waals surface area contributed by atoms with Crippen LogP contribution in [-0.2, 0) is 9.53 Å². The van der Waals surface area contributed by atoms with Gasteiger partial charge in [0.1, 0.15) is 0 Å². The summed E-state index contributed by atoms with van der Waals surface area (Å²) in [6.07, 6.45) is 3.42. The first-order valence-corrected chi connectivity index (χ1v) is 7.12. The van der Waals surface area contributed by atoms with Gasteiger partial charge in [0, 0.05) is 37.1 Å². The van der Waals surface area contributed by atoms with Gasteiger partial charge in [0.2, 0.25) is 5.91 Å². The molecule has 1 amide bonds. The number of benzene rings is 1. The normalized spacial score (nSPS) is 21.2. The number of halogens is 1. The Bertz CT molecular complexity index is 436. The lowest BCUT2D eigenvalue weighted by Crippen LogP contribution is -2.26. The van der Waals surface area contributed by atoms with Gasteiger partial charge in [0.25, 0.3) is 0 Å². The molecule has 2 rings (SSSR count). The second-order valence-corrected chi connectivity index (χ2v) is 5.46. The van der Waals surface area contributed by atoms with Crippen LogP contribution in [0, 0.1) is 0 Å². The third-order valence-electron chi connectivity index (χ3n) is 3.42. The van der Waals surface area contributed by atoms with Crippen molar-refractivity contribution >= 4 is 17.5 Å². The molecule has 1 saturated carbocycles. The van der Waals surface area contributed by atoms with Gasteiger partial charge in [0.05, 0.1) is 0 Å². The van der Waals surface area contributed by atoms with Crippen molar-refractivity contribution in [2.24, 2.45) is 0 Å². The molecule has 1 aromatic rings. The number of nitrogens with one attached hydrogen (secondary N) is 1. The highest BCUT2D eigenvalue weighted by Crippen LogP contribution is 2.41. The summed E-state index contributed by atoms with van der Waals surface area (Å²) in [5.74, 6) is 0.576. The van der Waals surface area contributed by atoms with Gasteiger partial charge in [-0.3, -0.25) is 4.79 Å². The monoisotopic (exact) mass is 281 g/mol. The standard InChI is InChI=1S/C15H20ClNO2/c1-19-8-3-2-7-15(18)17-14-10-13(14)11-5-4-6-12(16)9-11/h4-6,9,13-14H,2-3,7-8,10H2,1H3,(H,17,18)/t13-,14-/m1/s1. The SMILES string of the molecule is COCCCCC(=O)N[C@@H]1C[C@@H]1c1cccc(Cl)c1. The summed E-state index contributed by atoms with van der Waals surface area (Å²) in [4.78, 5) is 11.7. The summed E-state index contributed by atoms with van der Waals surface area (Å²) >= 11 is 5.97. The largest absolute Gasteiger partial charge is 0.385 e. The summed E-state index contributed by atoms with van der Waals surface area (Å²) in [5.41, 5.74) is 1.22. The summed E-state index contributed by atoms with van der Waals surface area (Å²) < 4.78 is 4.96. The van der Waals surface area contributed by atoms with Crippen LogP contribution in [0.25, 0.3) is 0 Å². The highest BCUT2D eigenvalue weighted by atomic mass is 35.5. The second-order valence-electron chi connectivity index (χ2n) is 5.02. The van der Waals surface area contributed by atoms with Gasteiger partial charge in [-0.15, -0.1) is 0 Å². The van der Waals surface area contributed by atoms with Crippen LogP contribution in [-0.4, -0.2) is 25.7 Å². The molecule has 3 nitrogen and oxygen atoms in total. The Morgan fingerprint density at radius 1 is 1.47 bits per heavy atom. The van der Waals surface area contributed by atoms with E-state index in [2.05, 4.69) is 11.4 Å². The maximum Gasteiger partial charge on any atom is 0.220 e. The molecular weight excluding hydrogens is 262 g/mol. The Kier molecular flexibility index (Phi) is 5.23. The molecule has 1 aromatic carbocycles. The van der Waals surface area contributed by atoms with E-state index in [0.29, 0.717) is 12.3 Å². The van der Waals surface area contributed by atoms with Crippen LogP contribution in [0.3, 0.4) is 0 Å². The van der Waals surface area contributed by atoms with Crippen LogP contribution >= 0.6 is 11.6 Å². The predicted octanol–water partition coefficient (Wildman–Crippen LogP) is 3.13. The van der Waals surface area contributed by atoms with Gasteiger partial charge < -0.3 is 10.1 Å². The Morgan fingerprint density at radius 3 is 3.05 bits per heavy atom. The number of carbonyl (C=O) groups is 1. The number of unbranched alkanes of at least 4 members (excludes halogenated alkanes) is 1. The van der Waals surface area contributed by atoms with E-state index in [-0.39, 0.29) is 11.9 Å².